The molecule has 1 amide bonds. The van der Waals surface area contributed by atoms with Crippen molar-refractivity contribution in [3.63, 3.8) is 0 Å². The lowest BCUT2D eigenvalue weighted by Gasteiger charge is -2.20. The maximum Gasteiger partial charge on any atom is 0.410 e. The first-order chi connectivity index (χ1) is 15.5. The number of nitrogens with one attached hydrogen (secondary N) is 1. The van der Waals surface area contributed by atoms with Crippen molar-refractivity contribution in [2.75, 3.05) is 12.1 Å². The van der Waals surface area contributed by atoms with Crippen molar-refractivity contribution in [1.82, 2.24) is 4.57 Å². The molecule has 0 unspecified atom stereocenters. The lowest BCUT2D eigenvalue weighted by molar-refractivity contribution is 0.174. The summed E-state index contributed by atoms with van der Waals surface area (Å²) in [5.41, 5.74) is 1.90. The summed E-state index contributed by atoms with van der Waals surface area (Å²) in [6, 6.07) is 20.2. The molecule has 2 heterocycles. The maximum atomic E-state index is 13.5. The topological polar surface area (TPSA) is 89.8 Å². The minimum Gasteiger partial charge on any atom is -0.465 e. The fourth-order valence-corrected chi connectivity index (χ4v) is 4.28. The van der Waals surface area contributed by atoms with Gasteiger partial charge in [-0.1, -0.05) is 52.3 Å². The fraction of sp³-hybridized carbons (Fsp3) is 0.0833. The van der Waals surface area contributed by atoms with Gasteiger partial charge in [0, 0.05) is 15.4 Å². The van der Waals surface area contributed by atoms with Crippen LogP contribution in [0.5, 0.6) is 11.5 Å². The zero-order chi connectivity index (χ0) is 22.2. The largest absolute Gasteiger partial charge is 0.465 e. The van der Waals surface area contributed by atoms with Crippen molar-refractivity contribution in [3.8, 4) is 22.6 Å². The standard InChI is InChI=1S/C24H17BrN2O5/c25-16-7-8-17-18(11-16)21(15-4-2-1-3-5-15)22(26-24(29)30)27(23(17)28)12-14-6-9-19-20(10-14)32-13-31-19/h1-11,26H,12-13H2,(H,29,30). The summed E-state index contributed by atoms with van der Waals surface area (Å²) in [5.74, 6) is 1.44. The monoisotopic (exact) mass is 492 g/mol. The van der Waals surface area contributed by atoms with E-state index in [1.54, 1.807) is 24.3 Å². The molecule has 5 rings (SSSR count). The van der Waals surface area contributed by atoms with Crippen molar-refractivity contribution in [3.05, 3.63) is 87.1 Å². The number of nitrogens with zero attached hydrogens (tertiary/aromatic N) is 1. The number of hydrogen-bond acceptors (Lipinski definition) is 4. The molecule has 2 N–H and O–H groups in total. The Morgan fingerprint density at radius 2 is 1.78 bits per heavy atom. The van der Waals surface area contributed by atoms with E-state index in [9.17, 15) is 14.7 Å². The molecule has 32 heavy (non-hydrogen) atoms. The van der Waals surface area contributed by atoms with Crippen LogP contribution in [0.25, 0.3) is 21.9 Å². The zero-order valence-corrected chi connectivity index (χ0v) is 18.3. The van der Waals surface area contributed by atoms with Crippen molar-refractivity contribution < 1.29 is 19.4 Å². The van der Waals surface area contributed by atoms with Gasteiger partial charge in [0.25, 0.3) is 5.56 Å². The van der Waals surface area contributed by atoms with Gasteiger partial charge >= 0.3 is 6.09 Å². The van der Waals surface area contributed by atoms with Gasteiger partial charge < -0.3 is 14.6 Å². The van der Waals surface area contributed by atoms with Crippen molar-refractivity contribution in [2.45, 2.75) is 6.54 Å². The second-order valence-electron chi connectivity index (χ2n) is 7.29. The van der Waals surface area contributed by atoms with Gasteiger partial charge in [0.05, 0.1) is 6.54 Å². The summed E-state index contributed by atoms with van der Waals surface area (Å²) in [5, 5.41) is 13.2. The number of fused-ring (bicyclic) bond motifs is 2. The van der Waals surface area contributed by atoms with Crippen LogP contribution in [0.3, 0.4) is 0 Å². The molecule has 0 radical (unpaired) electrons. The first-order valence-corrected chi connectivity index (χ1v) is 10.6. The number of aromatic nitrogens is 1. The Balaban J connectivity index is 1.80. The van der Waals surface area contributed by atoms with Gasteiger partial charge in [0.1, 0.15) is 5.82 Å². The summed E-state index contributed by atoms with van der Waals surface area (Å²) < 4.78 is 13.1. The number of carbonyl (C=O) groups is 1. The molecule has 0 saturated carbocycles. The molecular weight excluding hydrogens is 476 g/mol. The quantitative estimate of drug-likeness (QED) is 0.403. The van der Waals surface area contributed by atoms with Gasteiger partial charge in [-0.05, 0) is 46.8 Å². The first-order valence-electron chi connectivity index (χ1n) is 9.81. The van der Waals surface area contributed by atoms with Gasteiger partial charge in [-0.2, -0.15) is 0 Å². The number of ether oxygens (including phenoxy) is 2. The van der Waals surface area contributed by atoms with Crippen molar-refractivity contribution in [2.24, 2.45) is 0 Å². The van der Waals surface area contributed by atoms with Crippen LogP contribution in [0.15, 0.2) is 76.0 Å². The molecule has 0 bridgehead atoms. The Morgan fingerprint density at radius 3 is 2.56 bits per heavy atom. The summed E-state index contributed by atoms with van der Waals surface area (Å²) in [6.45, 7) is 0.296. The number of hydrogen-bond donors (Lipinski definition) is 2. The van der Waals surface area contributed by atoms with E-state index >= 15 is 0 Å². The molecule has 3 aromatic carbocycles. The van der Waals surface area contributed by atoms with E-state index in [2.05, 4.69) is 21.2 Å². The van der Waals surface area contributed by atoms with Gasteiger partial charge in [0.15, 0.2) is 11.5 Å². The number of pyridine rings is 1. The molecule has 0 fully saturated rings. The fourth-order valence-electron chi connectivity index (χ4n) is 3.92. The van der Waals surface area contributed by atoms with E-state index in [0.29, 0.717) is 27.8 Å². The Bertz CT molecular complexity index is 1420. The summed E-state index contributed by atoms with van der Waals surface area (Å²) in [6.07, 6.45) is -1.25. The lowest BCUT2D eigenvalue weighted by Crippen LogP contribution is -2.27. The molecule has 7 nitrogen and oxygen atoms in total. The molecule has 1 aliphatic heterocycles. The van der Waals surface area contributed by atoms with Crippen LogP contribution < -0.4 is 20.3 Å². The highest BCUT2D eigenvalue weighted by molar-refractivity contribution is 9.10. The van der Waals surface area contributed by atoms with E-state index in [1.165, 1.54) is 4.57 Å². The second-order valence-corrected chi connectivity index (χ2v) is 8.20. The van der Waals surface area contributed by atoms with E-state index in [-0.39, 0.29) is 24.7 Å². The average molecular weight is 493 g/mol. The summed E-state index contributed by atoms with van der Waals surface area (Å²) >= 11 is 3.47. The van der Waals surface area contributed by atoms with Crippen molar-refractivity contribution >= 4 is 38.6 Å². The molecule has 1 aliphatic rings. The SMILES string of the molecule is O=C(O)Nc1c(-c2ccccc2)c2cc(Br)ccc2c(=O)n1Cc1ccc2c(c1)OCO2. The van der Waals surface area contributed by atoms with Gasteiger partial charge in [-0.25, -0.2) is 4.79 Å². The molecule has 0 spiro atoms. The number of halogens is 1. The summed E-state index contributed by atoms with van der Waals surface area (Å²) in [4.78, 5) is 25.3. The lowest BCUT2D eigenvalue weighted by atomic mass is 9.99. The Kier molecular flexibility index (Phi) is 5.07. The van der Waals surface area contributed by atoms with Crippen LogP contribution in [-0.4, -0.2) is 22.6 Å². The third-order valence-electron chi connectivity index (χ3n) is 5.30. The van der Waals surface area contributed by atoms with Gasteiger partial charge in [-0.3, -0.25) is 14.7 Å². The molecule has 0 atom stereocenters. The van der Waals surface area contributed by atoms with Crippen molar-refractivity contribution in [1.29, 1.82) is 0 Å². The molecule has 1 aromatic heterocycles. The van der Waals surface area contributed by atoms with Gasteiger partial charge in [0.2, 0.25) is 6.79 Å². The molecule has 8 heteroatoms. The van der Waals surface area contributed by atoms with E-state index in [0.717, 1.165) is 15.6 Å². The van der Waals surface area contributed by atoms with Crippen LogP contribution in [0.1, 0.15) is 5.56 Å². The van der Waals surface area contributed by atoms with Crippen LogP contribution in [-0.2, 0) is 6.54 Å². The number of rotatable bonds is 4. The molecule has 160 valence electrons. The smallest absolute Gasteiger partial charge is 0.410 e. The molecule has 0 aliphatic carbocycles. The van der Waals surface area contributed by atoms with E-state index in [4.69, 9.17) is 9.47 Å². The van der Waals surface area contributed by atoms with E-state index in [1.807, 2.05) is 42.5 Å². The number of carboxylic acid groups (broad SMARTS) is 1. The average Bonchev–Trinajstić information content (AvgIpc) is 3.25. The number of amides is 1. The molecular formula is C24H17BrN2O5. The molecule has 0 saturated heterocycles. The predicted molar refractivity (Wildman–Crippen MR) is 125 cm³/mol. The van der Waals surface area contributed by atoms with Crippen LogP contribution in [0.2, 0.25) is 0 Å². The highest BCUT2D eigenvalue weighted by atomic mass is 79.9. The van der Waals surface area contributed by atoms with E-state index < -0.39 is 6.09 Å². The Hall–Kier alpha value is -3.78. The highest BCUT2D eigenvalue weighted by Gasteiger charge is 2.21. The predicted octanol–water partition coefficient (Wildman–Crippen LogP) is 5.30. The van der Waals surface area contributed by atoms with Crippen LogP contribution in [0, 0.1) is 0 Å². The minimum atomic E-state index is -1.25. The third kappa shape index (κ3) is 3.58. The Morgan fingerprint density at radius 1 is 1.00 bits per heavy atom. The molecule has 4 aromatic rings. The van der Waals surface area contributed by atoms with Crippen LogP contribution in [0.4, 0.5) is 10.6 Å². The third-order valence-corrected chi connectivity index (χ3v) is 5.79. The highest BCUT2D eigenvalue weighted by Crippen LogP contribution is 2.37. The number of anilines is 1. The maximum absolute atomic E-state index is 13.5. The summed E-state index contributed by atoms with van der Waals surface area (Å²) in [7, 11) is 0. The second kappa shape index (κ2) is 8.05. The zero-order valence-electron chi connectivity index (χ0n) is 16.7. The van der Waals surface area contributed by atoms with Gasteiger partial charge in [-0.15, -0.1) is 0 Å². The Labute approximate surface area is 191 Å². The first kappa shape index (κ1) is 20.1. The normalized spacial score (nSPS) is 12.2. The van der Waals surface area contributed by atoms with Crippen LogP contribution >= 0.6 is 15.9 Å². The minimum absolute atomic E-state index is 0.146. The number of benzene rings is 3.